The maximum absolute atomic E-state index is 12.4. The van der Waals surface area contributed by atoms with Crippen LogP contribution in [0, 0.1) is 0 Å². The second kappa shape index (κ2) is 5.32. The zero-order chi connectivity index (χ0) is 15.8. The number of carboxylic acids is 1. The summed E-state index contributed by atoms with van der Waals surface area (Å²) < 4.78 is 37.1. The number of aromatic nitrogens is 1. The SMILES string of the molecule is O=C(O)[C@@H]1CC(O)CN1C(=O)c1ccc(C(F)(F)F)nc1. The van der Waals surface area contributed by atoms with Crippen molar-refractivity contribution in [1.82, 2.24) is 9.88 Å². The molecule has 0 saturated carbocycles. The molecule has 1 aliphatic heterocycles. The fraction of sp³-hybridized carbons (Fsp3) is 0.417. The molecular weight excluding hydrogens is 293 g/mol. The third-order valence-corrected chi connectivity index (χ3v) is 3.13. The molecule has 0 bridgehead atoms. The first kappa shape index (κ1) is 15.2. The number of likely N-dealkylation sites (tertiary alicyclic amines) is 1. The molecule has 114 valence electrons. The minimum Gasteiger partial charge on any atom is -0.480 e. The van der Waals surface area contributed by atoms with Gasteiger partial charge in [0, 0.05) is 19.2 Å². The van der Waals surface area contributed by atoms with E-state index in [1.807, 2.05) is 0 Å². The van der Waals surface area contributed by atoms with E-state index >= 15 is 0 Å². The highest BCUT2D eigenvalue weighted by Crippen LogP contribution is 2.28. The normalized spacial score (nSPS) is 22.4. The minimum atomic E-state index is -4.62. The largest absolute Gasteiger partial charge is 0.480 e. The number of aliphatic hydroxyl groups excluding tert-OH is 1. The molecule has 1 fully saturated rings. The molecule has 1 aromatic rings. The first-order chi connectivity index (χ1) is 9.70. The van der Waals surface area contributed by atoms with E-state index in [0.717, 1.165) is 17.2 Å². The van der Waals surface area contributed by atoms with Crippen LogP contribution < -0.4 is 0 Å². The average Bonchev–Trinajstić information content (AvgIpc) is 2.79. The summed E-state index contributed by atoms with van der Waals surface area (Å²) in [5, 5.41) is 18.4. The lowest BCUT2D eigenvalue weighted by atomic mass is 10.2. The van der Waals surface area contributed by atoms with E-state index in [1.54, 1.807) is 0 Å². The van der Waals surface area contributed by atoms with E-state index < -0.39 is 35.9 Å². The number of hydrogen-bond donors (Lipinski definition) is 2. The van der Waals surface area contributed by atoms with Crippen LogP contribution in [0.25, 0.3) is 0 Å². The highest BCUT2D eigenvalue weighted by Gasteiger charge is 2.39. The first-order valence-corrected chi connectivity index (χ1v) is 5.95. The van der Waals surface area contributed by atoms with Crippen molar-refractivity contribution in [1.29, 1.82) is 0 Å². The Morgan fingerprint density at radius 1 is 1.33 bits per heavy atom. The van der Waals surface area contributed by atoms with Crippen LogP contribution in [0.4, 0.5) is 13.2 Å². The number of pyridine rings is 1. The van der Waals surface area contributed by atoms with Gasteiger partial charge in [-0.05, 0) is 12.1 Å². The van der Waals surface area contributed by atoms with Gasteiger partial charge < -0.3 is 15.1 Å². The number of alkyl halides is 3. The summed E-state index contributed by atoms with van der Waals surface area (Å²) >= 11 is 0. The molecule has 0 radical (unpaired) electrons. The van der Waals surface area contributed by atoms with Crippen molar-refractivity contribution < 1.29 is 33.0 Å². The summed E-state index contributed by atoms with van der Waals surface area (Å²) in [6, 6.07) is 0.381. The first-order valence-electron chi connectivity index (χ1n) is 5.95. The number of carbonyl (C=O) groups is 2. The Bertz CT molecular complexity index is 559. The number of carboxylic acid groups (broad SMARTS) is 1. The van der Waals surface area contributed by atoms with Gasteiger partial charge in [-0.15, -0.1) is 0 Å². The lowest BCUT2D eigenvalue weighted by Gasteiger charge is -2.21. The molecule has 21 heavy (non-hydrogen) atoms. The lowest BCUT2D eigenvalue weighted by Crippen LogP contribution is -2.40. The molecule has 9 heteroatoms. The molecule has 1 saturated heterocycles. The quantitative estimate of drug-likeness (QED) is 0.842. The molecule has 0 aliphatic carbocycles. The number of aliphatic hydroxyl groups is 1. The molecule has 1 aromatic heterocycles. The van der Waals surface area contributed by atoms with Gasteiger partial charge in [-0.1, -0.05) is 0 Å². The summed E-state index contributed by atoms with van der Waals surface area (Å²) in [6.07, 6.45) is -4.96. The minimum absolute atomic E-state index is 0.116. The summed E-state index contributed by atoms with van der Waals surface area (Å²) in [6.45, 7) is -0.184. The Balaban J connectivity index is 2.22. The average molecular weight is 304 g/mol. The van der Waals surface area contributed by atoms with E-state index in [2.05, 4.69) is 4.98 Å². The van der Waals surface area contributed by atoms with Gasteiger partial charge in [-0.25, -0.2) is 4.79 Å². The highest BCUT2D eigenvalue weighted by molar-refractivity contribution is 5.96. The second-order valence-corrected chi connectivity index (χ2v) is 4.63. The standard InChI is InChI=1S/C12H11F3N2O4/c13-12(14,15)9-2-1-6(4-16-9)10(19)17-5-7(18)3-8(17)11(20)21/h1-2,4,7-8,18H,3,5H2,(H,20,21)/t7?,8-/m0/s1. The van der Waals surface area contributed by atoms with Gasteiger partial charge in [0.05, 0.1) is 11.7 Å². The Morgan fingerprint density at radius 3 is 2.48 bits per heavy atom. The van der Waals surface area contributed by atoms with E-state index in [0.29, 0.717) is 6.07 Å². The van der Waals surface area contributed by atoms with Crippen molar-refractivity contribution in [3.05, 3.63) is 29.6 Å². The predicted octanol–water partition coefficient (Wildman–Crippen LogP) is 0.760. The van der Waals surface area contributed by atoms with Gasteiger partial charge in [-0.2, -0.15) is 13.2 Å². The maximum atomic E-state index is 12.4. The summed E-state index contributed by atoms with van der Waals surface area (Å²) in [5.74, 6) is -2.06. The van der Waals surface area contributed by atoms with E-state index in [4.69, 9.17) is 5.11 Å². The second-order valence-electron chi connectivity index (χ2n) is 4.63. The molecule has 0 spiro atoms. The Kier molecular flexibility index (Phi) is 3.86. The lowest BCUT2D eigenvalue weighted by molar-refractivity contribution is -0.142. The maximum Gasteiger partial charge on any atom is 0.433 e. The Labute approximate surface area is 116 Å². The smallest absolute Gasteiger partial charge is 0.433 e. The van der Waals surface area contributed by atoms with Gasteiger partial charge in [0.2, 0.25) is 0 Å². The summed E-state index contributed by atoms with van der Waals surface area (Å²) in [7, 11) is 0. The van der Waals surface area contributed by atoms with Crippen LogP contribution in [0.2, 0.25) is 0 Å². The molecule has 2 rings (SSSR count). The van der Waals surface area contributed by atoms with Crippen molar-refractivity contribution in [2.24, 2.45) is 0 Å². The fourth-order valence-corrected chi connectivity index (χ4v) is 2.13. The van der Waals surface area contributed by atoms with Crippen molar-refractivity contribution in [2.75, 3.05) is 6.54 Å². The topological polar surface area (TPSA) is 90.7 Å². The Hall–Kier alpha value is -2.16. The molecule has 2 heterocycles. The molecule has 0 aromatic carbocycles. The van der Waals surface area contributed by atoms with E-state index in [1.165, 1.54) is 0 Å². The molecule has 1 amide bonds. The zero-order valence-electron chi connectivity index (χ0n) is 10.5. The van der Waals surface area contributed by atoms with Gasteiger partial charge >= 0.3 is 12.1 Å². The van der Waals surface area contributed by atoms with Crippen molar-refractivity contribution >= 4 is 11.9 Å². The molecule has 6 nitrogen and oxygen atoms in total. The fourth-order valence-electron chi connectivity index (χ4n) is 2.13. The number of hydrogen-bond acceptors (Lipinski definition) is 4. The zero-order valence-corrected chi connectivity index (χ0v) is 10.5. The van der Waals surface area contributed by atoms with Crippen LogP contribution in [0.3, 0.4) is 0 Å². The third kappa shape index (κ3) is 3.13. The van der Waals surface area contributed by atoms with E-state index in [9.17, 15) is 27.9 Å². The molecule has 2 N–H and O–H groups in total. The summed E-state index contributed by atoms with van der Waals surface area (Å²) in [4.78, 5) is 27.2. The molecule has 1 aliphatic rings. The molecular formula is C12H11F3N2O4. The van der Waals surface area contributed by atoms with Crippen molar-refractivity contribution in [3.63, 3.8) is 0 Å². The monoisotopic (exact) mass is 304 g/mol. The van der Waals surface area contributed by atoms with E-state index in [-0.39, 0.29) is 18.5 Å². The Morgan fingerprint density at radius 2 is 2.00 bits per heavy atom. The summed E-state index contributed by atoms with van der Waals surface area (Å²) in [5.41, 5.74) is -1.31. The molecule has 1 unspecified atom stereocenters. The van der Waals surface area contributed by atoms with Gasteiger partial charge in [0.1, 0.15) is 11.7 Å². The van der Waals surface area contributed by atoms with Crippen molar-refractivity contribution in [2.45, 2.75) is 24.7 Å². The number of aliphatic carboxylic acids is 1. The number of carbonyl (C=O) groups excluding carboxylic acids is 1. The number of rotatable bonds is 2. The van der Waals surface area contributed by atoms with Crippen LogP contribution in [0.1, 0.15) is 22.5 Å². The van der Waals surface area contributed by atoms with Crippen molar-refractivity contribution in [3.8, 4) is 0 Å². The number of nitrogens with zero attached hydrogens (tertiary/aromatic N) is 2. The van der Waals surface area contributed by atoms with Crippen LogP contribution in [-0.2, 0) is 11.0 Å². The van der Waals surface area contributed by atoms with Crippen LogP contribution in [0.15, 0.2) is 18.3 Å². The molecule has 2 atom stereocenters. The highest BCUT2D eigenvalue weighted by atomic mass is 19.4. The van der Waals surface area contributed by atoms with Crippen LogP contribution >= 0.6 is 0 Å². The predicted molar refractivity (Wildman–Crippen MR) is 62.3 cm³/mol. The van der Waals surface area contributed by atoms with Crippen LogP contribution in [0.5, 0.6) is 0 Å². The van der Waals surface area contributed by atoms with Gasteiger partial charge in [-0.3, -0.25) is 9.78 Å². The van der Waals surface area contributed by atoms with Crippen LogP contribution in [-0.4, -0.2) is 50.7 Å². The van der Waals surface area contributed by atoms with Gasteiger partial charge in [0.25, 0.3) is 5.91 Å². The van der Waals surface area contributed by atoms with Gasteiger partial charge in [0.15, 0.2) is 0 Å². The number of halogens is 3. The third-order valence-electron chi connectivity index (χ3n) is 3.13. The number of β-amino-alcohol motifs (C(OH)–C–C–N with tert-alkyl or cyclic N) is 1. The number of amides is 1.